The second-order valence-electron chi connectivity index (χ2n) is 6.63. The topological polar surface area (TPSA) is 141 Å². The zero-order valence-electron chi connectivity index (χ0n) is 16.0. The summed E-state index contributed by atoms with van der Waals surface area (Å²) in [4.78, 5) is 38.1. The van der Waals surface area contributed by atoms with Gasteiger partial charge < -0.3 is 25.2 Å². The lowest BCUT2D eigenvalue weighted by atomic mass is 9.92. The van der Waals surface area contributed by atoms with Gasteiger partial charge in [-0.1, -0.05) is 23.2 Å². The fourth-order valence-corrected chi connectivity index (χ4v) is 3.68. The van der Waals surface area contributed by atoms with Gasteiger partial charge in [-0.15, -0.1) is 0 Å². The second kappa shape index (κ2) is 8.99. The monoisotopic (exact) mass is 455 g/mol. The van der Waals surface area contributed by atoms with E-state index in [1.54, 1.807) is 0 Å². The molecule has 1 amide bonds. The molecule has 0 aromatic carbocycles. The number of nitrogens with zero attached hydrogens (tertiary/aromatic N) is 4. The minimum Gasteiger partial charge on any atom is -0.480 e. The lowest BCUT2D eigenvalue weighted by Crippen LogP contribution is -2.50. The number of carbonyl (C=O) groups is 2. The molecule has 0 saturated carbocycles. The zero-order valence-corrected chi connectivity index (χ0v) is 17.5. The van der Waals surface area contributed by atoms with Gasteiger partial charge in [0.1, 0.15) is 22.1 Å². The molecule has 0 spiro atoms. The van der Waals surface area contributed by atoms with Crippen molar-refractivity contribution >= 4 is 40.9 Å². The maximum Gasteiger partial charge on any atom is 0.405 e. The average Bonchev–Trinajstić information content (AvgIpc) is 2.73. The van der Waals surface area contributed by atoms with Crippen molar-refractivity contribution in [1.82, 2.24) is 15.0 Å². The number of ketones is 1. The number of carbonyl (C=O) groups excluding carboxylic acids is 2. The molecule has 0 atom stereocenters. The molecule has 2 aromatic heterocycles. The van der Waals surface area contributed by atoms with Gasteiger partial charge in [-0.05, 0) is 6.07 Å². The van der Waals surface area contributed by atoms with Crippen LogP contribution in [-0.2, 0) is 4.74 Å². The molecule has 30 heavy (non-hydrogen) atoms. The number of methoxy groups -OCH3 is 1. The first-order chi connectivity index (χ1) is 14.3. The number of aliphatic hydroxyl groups is 1. The molecular formula is C18H19Cl2N5O5. The molecule has 0 unspecified atom stereocenters. The van der Waals surface area contributed by atoms with Gasteiger partial charge in [-0.3, -0.25) is 4.79 Å². The Hall–Kier alpha value is -2.69. The average molecular weight is 456 g/mol. The Morgan fingerprint density at radius 1 is 1.30 bits per heavy atom. The fraction of sp³-hybridized carbons (Fsp3) is 0.389. The van der Waals surface area contributed by atoms with E-state index in [4.69, 9.17) is 38.4 Å². The van der Waals surface area contributed by atoms with Crippen LogP contribution < -0.4 is 15.4 Å². The Balaban J connectivity index is 1.78. The Morgan fingerprint density at radius 3 is 2.57 bits per heavy atom. The third-order valence-corrected chi connectivity index (χ3v) is 5.46. The quantitative estimate of drug-likeness (QED) is 0.623. The number of pyridine rings is 1. The molecule has 3 rings (SSSR count). The van der Waals surface area contributed by atoms with Crippen LogP contribution in [0, 0.1) is 0 Å². The highest BCUT2D eigenvalue weighted by Gasteiger charge is 2.38. The van der Waals surface area contributed by atoms with E-state index < -0.39 is 17.5 Å². The Labute approximate surface area is 181 Å². The minimum atomic E-state index is -1.02. The molecule has 2 aromatic rings. The van der Waals surface area contributed by atoms with Crippen molar-refractivity contribution in [3.8, 4) is 5.88 Å². The normalized spacial score (nSPS) is 15.5. The number of hydrogen-bond donors (Lipinski definition) is 2. The molecule has 3 N–H and O–H groups in total. The van der Waals surface area contributed by atoms with E-state index in [2.05, 4.69) is 15.0 Å². The molecular weight excluding hydrogens is 437 g/mol. The van der Waals surface area contributed by atoms with Crippen LogP contribution in [0.25, 0.3) is 0 Å². The molecule has 1 fully saturated rings. The summed E-state index contributed by atoms with van der Waals surface area (Å²) in [5.41, 5.74) is 4.15. The third kappa shape index (κ3) is 4.40. The van der Waals surface area contributed by atoms with E-state index in [1.807, 2.05) is 4.90 Å². The number of primary amides is 1. The largest absolute Gasteiger partial charge is 0.480 e. The third-order valence-electron chi connectivity index (χ3n) is 4.83. The predicted molar refractivity (Wildman–Crippen MR) is 108 cm³/mol. The lowest BCUT2D eigenvalue weighted by Gasteiger charge is -2.39. The lowest BCUT2D eigenvalue weighted by molar-refractivity contribution is -0.0422. The number of halogens is 2. The van der Waals surface area contributed by atoms with Crippen LogP contribution in [0.2, 0.25) is 10.2 Å². The Kier molecular flexibility index (Phi) is 6.59. The van der Waals surface area contributed by atoms with Gasteiger partial charge >= 0.3 is 6.09 Å². The maximum absolute atomic E-state index is 12.8. The van der Waals surface area contributed by atoms with Crippen molar-refractivity contribution < 1.29 is 24.2 Å². The summed E-state index contributed by atoms with van der Waals surface area (Å²) in [5, 5.41) is 9.56. The van der Waals surface area contributed by atoms with Crippen LogP contribution in [0.5, 0.6) is 5.88 Å². The summed E-state index contributed by atoms with van der Waals surface area (Å²) in [6, 6.07) is 1.44. The summed E-state index contributed by atoms with van der Waals surface area (Å²) < 4.78 is 10.1. The number of piperidine rings is 1. The smallest absolute Gasteiger partial charge is 0.405 e. The zero-order chi connectivity index (χ0) is 21.9. The summed E-state index contributed by atoms with van der Waals surface area (Å²) >= 11 is 12.4. The fourth-order valence-electron chi connectivity index (χ4n) is 3.18. The highest BCUT2D eigenvalue weighted by atomic mass is 35.5. The number of rotatable bonds is 6. The summed E-state index contributed by atoms with van der Waals surface area (Å²) in [5.74, 6) is 0.0419. The number of nitrogens with two attached hydrogens (primary N) is 1. The SMILES string of the molecule is COc1nccc(C(=O)c2ncc(N3CCC(CO)(OC(N)=O)CC3)nc2Cl)c1Cl. The molecule has 0 bridgehead atoms. The Morgan fingerprint density at radius 2 is 2.00 bits per heavy atom. The van der Waals surface area contributed by atoms with Crippen LogP contribution in [-0.4, -0.2) is 64.3 Å². The number of aliphatic hydroxyl groups excluding tert-OH is 1. The van der Waals surface area contributed by atoms with Crippen molar-refractivity contribution in [3.05, 3.63) is 39.9 Å². The molecule has 3 heterocycles. The van der Waals surface area contributed by atoms with E-state index in [0.29, 0.717) is 31.7 Å². The van der Waals surface area contributed by atoms with Crippen LogP contribution in [0.1, 0.15) is 28.9 Å². The van der Waals surface area contributed by atoms with E-state index in [1.165, 1.54) is 25.6 Å². The van der Waals surface area contributed by atoms with Gasteiger partial charge in [0.25, 0.3) is 0 Å². The summed E-state index contributed by atoms with van der Waals surface area (Å²) in [6.45, 7) is 0.499. The molecule has 12 heteroatoms. The number of amides is 1. The highest BCUT2D eigenvalue weighted by Crippen LogP contribution is 2.31. The van der Waals surface area contributed by atoms with Crippen LogP contribution in [0.15, 0.2) is 18.5 Å². The van der Waals surface area contributed by atoms with E-state index >= 15 is 0 Å². The first kappa shape index (κ1) is 22.0. The van der Waals surface area contributed by atoms with Crippen LogP contribution in [0.4, 0.5) is 10.6 Å². The van der Waals surface area contributed by atoms with Crippen LogP contribution >= 0.6 is 23.2 Å². The van der Waals surface area contributed by atoms with Gasteiger partial charge in [-0.2, -0.15) is 0 Å². The molecule has 1 aliphatic heterocycles. The molecule has 0 aliphatic carbocycles. The van der Waals surface area contributed by atoms with Crippen molar-refractivity contribution in [3.63, 3.8) is 0 Å². The van der Waals surface area contributed by atoms with Gasteiger partial charge in [0.15, 0.2) is 5.15 Å². The van der Waals surface area contributed by atoms with E-state index in [0.717, 1.165) is 0 Å². The summed E-state index contributed by atoms with van der Waals surface area (Å²) in [6.07, 6.45) is 2.57. The second-order valence-corrected chi connectivity index (χ2v) is 7.36. The predicted octanol–water partition coefficient (Wildman–Crippen LogP) is 1.84. The Bertz CT molecular complexity index is 966. The summed E-state index contributed by atoms with van der Waals surface area (Å²) in [7, 11) is 1.39. The van der Waals surface area contributed by atoms with Crippen molar-refractivity contribution in [1.29, 1.82) is 0 Å². The number of anilines is 1. The molecule has 1 saturated heterocycles. The molecule has 160 valence electrons. The van der Waals surface area contributed by atoms with Gasteiger partial charge in [-0.25, -0.2) is 19.7 Å². The van der Waals surface area contributed by atoms with Crippen molar-refractivity contribution in [2.75, 3.05) is 31.7 Å². The molecule has 0 radical (unpaired) electrons. The minimum absolute atomic E-state index is 0.0535. The van der Waals surface area contributed by atoms with Gasteiger partial charge in [0.05, 0.1) is 19.9 Å². The van der Waals surface area contributed by atoms with E-state index in [-0.39, 0.29) is 33.9 Å². The number of aromatic nitrogens is 3. The van der Waals surface area contributed by atoms with Gasteiger partial charge in [0, 0.05) is 37.7 Å². The first-order valence-electron chi connectivity index (χ1n) is 8.90. The van der Waals surface area contributed by atoms with Crippen molar-refractivity contribution in [2.45, 2.75) is 18.4 Å². The van der Waals surface area contributed by atoms with Gasteiger partial charge in [0.2, 0.25) is 11.7 Å². The first-order valence-corrected chi connectivity index (χ1v) is 9.66. The van der Waals surface area contributed by atoms with E-state index in [9.17, 15) is 14.7 Å². The van der Waals surface area contributed by atoms with Crippen molar-refractivity contribution in [2.24, 2.45) is 5.73 Å². The number of ether oxygens (including phenoxy) is 2. The standard InChI is InChI=1S/C18H19Cl2N5O5/c1-29-16-12(19)10(2-5-22-16)14(27)13-15(20)24-11(8-23-13)25-6-3-18(9-26,4-7-25)30-17(21)28/h2,5,8,26H,3-4,6-7,9H2,1H3,(H2,21,28). The van der Waals surface area contributed by atoms with Crippen LogP contribution in [0.3, 0.4) is 0 Å². The number of hydrogen-bond acceptors (Lipinski definition) is 9. The molecule has 1 aliphatic rings. The molecule has 10 nitrogen and oxygen atoms in total. The maximum atomic E-state index is 12.8. The highest BCUT2D eigenvalue weighted by molar-refractivity contribution is 6.38.